The normalized spacial score (nSPS) is 38.6. The SMILES string of the molecule is CC(=O)OC[C@H]1CC[C@@H]2O[C@@H]2C1. The van der Waals surface area contributed by atoms with E-state index in [1.807, 2.05) is 0 Å². The lowest BCUT2D eigenvalue weighted by Crippen LogP contribution is -2.19. The number of ether oxygens (including phenoxy) is 2. The zero-order valence-corrected chi connectivity index (χ0v) is 7.29. The first kappa shape index (κ1) is 8.05. The van der Waals surface area contributed by atoms with E-state index in [2.05, 4.69) is 0 Å². The van der Waals surface area contributed by atoms with E-state index >= 15 is 0 Å². The first-order valence-corrected chi connectivity index (χ1v) is 4.54. The summed E-state index contributed by atoms with van der Waals surface area (Å²) in [7, 11) is 0. The van der Waals surface area contributed by atoms with Crippen molar-refractivity contribution in [1.29, 1.82) is 0 Å². The lowest BCUT2D eigenvalue weighted by Gasteiger charge is -2.17. The van der Waals surface area contributed by atoms with Crippen molar-refractivity contribution in [3.8, 4) is 0 Å². The lowest BCUT2D eigenvalue weighted by atomic mass is 9.90. The molecule has 2 fully saturated rings. The molecule has 1 saturated carbocycles. The molecule has 2 aliphatic rings. The van der Waals surface area contributed by atoms with Crippen molar-refractivity contribution in [2.24, 2.45) is 5.92 Å². The Hall–Kier alpha value is -0.570. The largest absolute Gasteiger partial charge is 0.466 e. The van der Waals surface area contributed by atoms with Crippen LogP contribution in [0.3, 0.4) is 0 Å². The highest BCUT2D eigenvalue weighted by Crippen LogP contribution is 2.39. The van der Waals surface area contributed by atoms with Gasteiger partial charge in [-0.15, -0.1) is 0 Å². The molecule has 0 bridgehead atoms. The Labute approximate surface area is 72.0 Å². The van der Waals surface area contributed by atoms with E-state index in [9.17, 15) is 4.79 Å². The van der Waals surface area contributed by atoms with Crippen LogP contribution in [0.15, 0.2) is 0 Å². The Morgan fingerprint density at radius 1 is 1.50 bits per heavy atom. The average Bonchev–Trinajstić information content (AvgIpc) is 2.78. The van der Waals surface area contributed by atoms with E-state index in [0.29, 0.717) is 24.7 Å². The highest BCUT2D eigenvalue weighted by atomic mass is 16.6. The number of hydrogen-bond donors (Lipinski definition) is 0. The second kappa shape index (κ2) is 3.05. The summed E-state index contributed by atoms with van der Waals surface area (Å²) in [6, 6.07) is 0. The monoisotopic (exact) mass is 170 g/mol. The zero-order valence-electron chi connectivity index (χ0n) is 7.29. The van der Waals surface area contributed by atoms with Gasteiger partial charge in [-0.25, -0.2) is 0 Å². The molecule has 3 heteroatoms. The Morgan fingerprint density at radius 2 is 2.33 bits per heavy atom. The summed E-state index contributed by atoms with van der Waals surface area (Å²) < 4.78 is 10.3. The summed E-state index contributed by atoms with van der Waals surface area (Å²) in [5, 5.41) is 0. The van der Waals surface area contributed by atoms with E-state index in [1.54, 1.807) is 0 Å². The predicted octanol–water partition coefficient (Wildman–Crippen LogP) is 1.12. The van der Waals surface area contributed by atoms with Gasteiger partial charge in [0.2, 0.25) is 0 Å². The smallest absolute Gasteiger partial charge is 0.302 e. The van der Waals surface area contributed by atoms with E-state index < -0.39 is 0 Å². The van der Waals surface area contributed by atoms with E-state index in [0.717, 1.165) is 19.3 Å². The summed E-state index contributed by atoms with van der Waals surface area (Å²) in [6.07, 6.45) is 4.40. The fraction of sp³-hybridized carbons (Fsp3) is 0.889. The number of carbonyl (C=O) groups excluding carboxylic acids is 1. The number of hydrogen-bond acceptors (Lipinski definition) is 3. The van der Waals surface area contributed by atoms with Crippen LogP contribution in [0.4, 0.5) is 0 Å². The van der Waals surface area contributed by atoms with E-state index in [1.165, 1.54) is 6.92 Å². The fourth-order valence-corrected chi connectivity index (χ4v) is 1.87. The van der Waals surface area contributed by atoms with Gasteiger partial charge in [-0.05, 0) is 25.2 Å². The van der Waals surface area contributed by atoms with Crippen LogP contribution in [0.25, 0.3) is 0 Å². The third-order valence-electron chi connectivity index (χ3n) is 2.64. The topological polar surface area (TPSA) is 38.8 Å². The standard InChI is InChI=1S/C9H14O3/c1-6(10)11-5-7-2-3-8-9(4-7)12-8/h7-9H,2-5H2,1H3/t7-,8-,9+/m0/s1. The van der Waals surface area contributed by atoms with Gasteiger partial charge in [0.25, 0.3) is 0 Å². The number of carbonyl (C=O) groups is 1. The van der Waals surface area contributed by atoms with Crippen molar-refractivity contribution in [2.45, 2.75) is 38.4 Å². The number of esters is 1. The van der Waals surface area contributed by atoms with Crippen molar-refractivity contribution >= 4 is 5.97 Å². The number of epoxide rings is 1. The molecule has 1 aliphatic carbocycles. The van der Waals surface area contributed by atoms with Crippen LogP contribution in [0.1, 0.15) is 26.2 Å². The third kappa shape index (κ3) is 1.78. The Balaban J connectivity index is 1.70. The van der Waals surface area contributed by atoms with Gasteiger partial charge in [0.05, 0.1) is 18.8 Å². The molecule has 0 aromatic rings. The molecule has 68 valence electrons. The van der Waals surface area contributed by atoms with Crippen LogP contribution < -0.4 is 0 Å². The van der Waals surface area contributed by atoms with Crippen LogP contribution >= 0.6 is 0 Å². The molecule has 1 saturated heterocycles. The Morgan fingerprint density at radius 3 is 3.00 bits per heavy atom. The summed E-state index contributed by atoms with van der Waals surface area (Å²) in [4.78, 5) is 10.5. The quantitative estimate of drug-likeness (QED) is 0.460. The van der Waals surface area contributed by atoms with Gasteiger partial charge in [0, 0.05) is 6.92 Å². The minimum absolute atomic E-state index is 0.172. The Kier molecular flexibility index (Phi) is 2.05. The molecular formula is C9H14O3. The predicted molar refractivity (Wildman–Crippen MR) is 42.6 cm³/mol. The highest BCUT2D eigenvalue weighted by molar-refractivity contribution is 5.65. The summed E-state index contributed by atoms with van der Waals surface area (Å²) in [5.41, 5.74) is 0. The van der Waals surface area contributed by atoms with Crippen molar-refractivity contribution in [2.75, 3.05) is 6.61 Å². The second-order valence-corrected chi connectivity index (χ2v) is 3.69. The molecule has 0 amide bonds. The molecule has 0 spiro atoms. The fourth-order valence-electron chi connectivity index (χ4n) is 1.87. The maximum atomic E-state index is 10.5. The maximum absolute atomic E-state index is 10.5. The minimum atomic E-state index is -0.172. The summed E-state index contributed by atoms with van der Waals surface area (Å²) in [5.74, 6) is 0.367. The molecule has 0 N–H and O–H groups in total. The Bertz CT molecular complexity index is 190. The minimum Gasteiger partial charge on any atom is -0.466 e. The van der Waals surface area contributed by atoms with Crippen LogP contribution in [-0.4, -0.2) is 24.8 Å². The van der Waals surface area contributed by atoms with E-state index in [-0.39, 0.29) is 5.97 Å². The molecule has 2 rings (SSSR count). The molecule has 0 unspecified atom stereocenters. The molecule has 3 atom stereocenters. The number of fused-ring (bicyclic) bond motifs is 1. The van der Waals surface area contributed by atoms with Crippen LogP contribution in [-0.2, 0) is 14.3 Å². The highest BCUT2D eigenvalue weighted by Gasteiger charge is 2.43. The van der Waals surface area contributed by atoms with Crippen molar-refractivity contribution in [3.05, 3.63) is 0 Å². The molecule has 3 nitrogen and oxygen atoms in total. The molecular weight excluding hydrogens is 156 g/mol. The zero-order chi connectivity index (χ0) is 8.55. The maximum Gasteiger partial charge on any atom is 0.302 e. The van der Waals surface area contributed by atoms with Gasteiger partial charge in [0.15, 0.2) is 0 Å². The van der Waals surface area contributed by atoms with Crippen molar-refractivity contribution in [1.82, 2.24) is 0 Å². The van der Waals surface area contributed by atoms with Crippen molar-refractivity contribution in [3.63, 3.8) is 0 Å². The van der Waals surface area contributed by atoms with Gasteiger partial charge in [-0.1, -0.05) is 0 Å². The van der Waals surface area contributed by atoms with Crippen LogP contribution in [0.5, 0.6) is 0 Å². The lowest BCUT2D eigenvalue weighted by molar-refractivity contribution is -0.142. The second-order valence-electron chi connectivity index (χ2n) is 3.69. The molecule has 1 heterocycles. The number of rotatable bonds is 2. The summed E-state index contributed by atoms with van der Waals surface area (Å²) >= 11 is 0. The van der Waals surface area contributed by atoms with Gasteiger partial charge in [0.1, 0.15) is 0 Å². The molecule has 1 aliphatic heterocycles. The first-order valence-electron chi connectivity index (χ1n) is 4.54. The van der Waals surface area contributed by atoms with Crippen LogP contribution in [0, 0.1) is 5.92 Å². The first-order chi connectivity index (χ1) is 5.75. The molecule has 12 heavy (non-hydrogen) atoms. The third-order valence-corrected chi connectivity index (χ3v) is 2.64. The van der Waals surface area contributed by atoms with Crippen molar-refractivity contribution < 1.29 is 14.3 Å². The molecule has 0 aromatic heterocycles. The van der Waals surface area contributed by atoms with Gasteiger partial charge >= 0.3 is 5.97 Å². The van der Waals surface area contributed by atoms with Gasteiger partial charge in [-0.3, -0.25) is 4.79 Å². The summed E-state index contributed by atoms with van der Waals surface area (Å²) in [6.45, 7) is 2.04. The van der Waals surface area contributed by atoms with Gasteiger partial charge in [-0.2, -0.15) is 0 Å². The average molecular weight is 170 g/mol. The molecule has 0 radical (unpaired) electrons. The molecule has 0 aromatic carbocycles. The van der Waals surface area contributed by atoms with Gasteiger partial charge < -0.3 is 9.47 Å². The van der Waals surface area contributed by atoms with E-state index in [4.69, 9.17) is 9.47 Å². The van der Waals surface area contributed by atoms with Crippen LogP contribution in [0.2, 0.25) is 0 Å².